The van der Waals surface area contributed by atoms with Gasteiger partial charge in [-0.05, 0) is 34.4 Å². The topological polar surface area (TPSA) is 108 Å². The van der Waals surface area contributed by atoms with Crippen molar-refractivity contribution in [2.45, 2.75) is 0 Å². The second-order valence-corrected chi connectivity index (χ2v) is 9.04. The first-order chi connectivity index (χ1) is 18.0. The lowest BCUT2D eigenvalue weighted by atomic mass is 10.0. The van der Waals surface area contributed by atoms with Crippen molar-refractivity contribution in [3.8, 4) is 22.6 Å². The third-order valence-electron chi connectivity index (χ3n) is 5.30. The maximum atomic E-state index is 11.4. The third-order valence-corrected chi connectivity index (χ3v) is 6.10. The average molecular weight is 534 g/mol. The predicted octanol–water partition coefficient (Wildman–Crippen LogP) is 6.06. The van der Waals surface area contributed by atoms with Crippen molar-refractivity contribution in [2.24, 2.45) is 5.90 Å². The smallest absolute Gasteiger partial charge is 0.377 e. The Morgan fingerprint density at radius 1 is 0.595 bits per heavy atom. The van der Waals surface area contributed by atoms with E-state index in [9.17, 15) is 8.42 Å². The van der Waals surface area contributed by atoms with Crippen LogP contribution < -0.4 is 14.3 Å². The van der Waals surface area contributed by atoms with Crippen LogP contribution in [-0.2, 0) is 27.0 Å². The SMILES string of the molecule is NOS(=O)Oc1ccccc1/C=C/c1ccc(-c2ccc(/C=C/c3ccccc3OS(=O)O)cc2)cc1. The minimum Gasteiger partial charge on any atom is -0.379 e. The number of benzene rings is 4. The molecule has 4 rings (SSSR count). The summed E-state index contributed by atoms with van der Waals surface area (Å²) in [6, 6.07) is 30.3. The van der Waals surface area contributed by atoms with E-state index < -0.39 is 22.7 Å². The molecule has 0 saturated heterocycles. The zero-order valence-electron chi connectivity index (χ0n) is 19.4. The summed E-state index contributed by atoms with van der Waals surface area (Å²) in [5.74, 6) is 5.63. The summed E-state index contributed by atoms with van der Waals surface area (Å²) >= 11 is -4.44. The van der Waals surface area contributed by atoms with E-state index in [2.05, 4.69) is 4.28 Å². The van der Waals surface area contributed by atoms with Gasteiger partial charge in [0.1, 0.15) is 11.5 Å². The van der Waals surface area contributed by atoms with Gasteiger partial charge in [-0.1, -0.05) is 109 Å². The van der Waals surface area contributed by atoms with Gasteiger partial charge in [-0.15, -0.1) is 0 Å². The van der Waals surface area contributed by atoms with Crippen molar-refractivity contribution < 1.29 is 25.6 Å². The highest BCUT2D eigenvalue weighted by Crippen LogP contribution is 2.25. The molecule has 2 unspecified atom stereocenters. The third kappa shape index (κ3) is 7.56. The van der Waals surface area contributed by atoms with E-state index in [4.69, 9.17) is 18.8 Å². The molecule has 9 heteroatoms. The molecular formula is C28H23NO6S2. The molecule has 2 atom stereocenters. The number of hydrogen-bond donors (Lipinski definition) is 2. The molecule has 3 N–H and O–H groups in total. The summed E-state index contributed by atoms with van der Waals surface area (Å²) in [6.45, 7) is 0. The highest BCUT2D eigenvalue weighted by Gasteiger charge is 2.06. The van der Waals surface area contributed by atoms with Gasteiger partial charge in [0.15, 0.2) is 0 Å². The fraction of sp³-hybridized carbons (Fsp3) is 0. The van der Waals surface area contributed by atoms with Gasteiger partial charge in [-0.25, -0.2) is 0 Å². The zero-order chi connectivity index (χ0) is 26.0. The summed E-state index contributed by atoms with van der Waals surface area (Å²) in [5, 5.41) is 0. The van der Waals surface area contributed by atoms with Crippen LogP contribution in [-0.4, -0.2) is 13.0 Å². The van der Waals surface area contributed by atoms with E-state index in [0.29, 0.717) is 17.1 Å². The van der Waals surface area contributed by atoms with Gasteiger partial charge in [0, 0.05) is 11.1 Å². The average Bonchev–Trinajstić information content (AvgIpc) is 2.92. The second kappa shape index (κ2) is 12.9. The van der Waals surface area contributed by atoms with Crippen LogP contribution in [0, 0.1) is 0 Å². The lowest BCUT2D eigenvalue weighted by Gasteiger charge is -2.06. The van der Waals surface area contributed by atoms with Crippen LogP contribution in [0.1, 0.15) is 22.3 Å². The molecule has 0 aliphatic heterocycles. The first-order valence-corrected chi connectivity index (χ1v) is 13.1. The largest absolute Gasteiger partial charge is 0.379 e. The minimum atomic E-state index is -2.38. The summed E-state index contributed by atoms with van der Waals surface area (Å²) < 4.78 is 45.7. The summed E-state index contributed by atoms with van der Waals surface area (Å²) in [6.07, 6.45) is 7.54. The van der Waals surface area contributed by atoms with Gasteiger partial charge >= 0.3 is 22.7 Å². The van der Waals surface area contributed by atoms with Crippen molar-refractivity contribution in [2.75, 3.05) is 0 Å². The normalized spacial score (nSPS) is 13.0. The molecule has 4 aromatic carbocycles. The monoisotopic (exact) mass is 533 g/mol. The van der Waals surface area contributed by atoms with E-state index >= 15 is 0 Å². The van der Waals surface area contributed by atoms with Gasteiger partial charge in [0.05, 0.1) is 0 Å². The first kappa shape index (κ1) is 26.2. The first-order valence-electron chi connectivity index (χ1n) is 11.0. The van der Waals surface area contributed by atoms with Crippen LogP contribution in [0.3, 0.4) is 0 Å². The van der Waals surface area contributed by atoms with Crippen molar-refractivity contribution in [1.82, 2.24) is 0 Å². The van der Waals surface area contributed by atoms with Gasteiger partial charge in [-0.2, -0.15) is 18.6 Å². The molecule has 0 aromatic heterocycles. The molecule has 0 heterocycles. The lowest BCUT2D eigenvalue weighted by Crippen LogP contribution is -2.09. The Bertz CT molecular complexity index is 1450. The van der Waals surface area contributed by atoms with E-state index in [1.165, 1.54) is 0 Å². The molecular weight excluding hydrogens is 510 g/mol. The molecule has 188 valence electrons. The molecule has 0 spiro atoms. The van der Waals surface area contributed by atoms with Crippen molar-refractivity contribution >= 4 is 47.0 Å². The second-order valence-electron chi connectivity index (χ2n) is 7.67. The molecule has 0 amide bonds. The predicted molar refractivity (Wildman–Crippen MR) is 148 cm³/mol. The fourth-order valence-electron chi connectivity index (χ4n) is 3.50. The van der Waals surface area contributed by atoms with Crippen LogP contribution >= 0.6 is 0 Å². The molecule has 0 aliphatic carbocycles. The number of nitrogens with two attached hydrogens (primary N) is 1. The Balaban J connectivity index is 1.44. The fourth-order valence-corrected chi connectivity index (χ4v) is 4.15. The van der Waals surface area contributed by atoms with Gasteiger partial charge < -0.3 is 8.37 Å². The molecule has 0 saturated carbocycles. The maximum Gasteiger partial charge on any atom is 0.377 e. The van der Waals surface area contributed by atoms with Crippen LogP contribution in [0.4, 0.5) is 0 Å². The quantitative estimate of drug-likeness (QED) is 0.145. The maximum absolute atomic E-state index is 11.4. The highest BCUT2D eigenvalue weighted by molar-refractivity contribution is 7.75. The highest BCUT2D eigenvalue weighted by atomic mass is 32.2. The molecule has 0 fully saturated rings. The Morgan fingerprint density at radius 2 is 1.03 bits per heavy atom. The minimum absolute atomic E-state index is 0.334. The van der Waals surface area contributed by atoms with Crippen molar-refractivity contribution in [1.29, 1.82) is 0 Å². The van der Waals surface area contributed by atoms with Gasteiger partial charge in [0.25, 0.3) is 0 Å². The number of para-hydroxylation sites is 2. The van der Waals surface area contributed by atoms with Crippen LogP contribution in [0.5, 0.6) is 11.5 Å². The molecule has 0 bridgehead atoms. The zero-order valence-corrected chi connectivity index (χ0v) is 21.1. The lowest BCUT2D eigenvalue weighted by molar-refractivity contribution is 0.324. The summed E-state index contributed by atoms with van der Waals surface area (Å²) in [4.78, 5) is 0. The molecule has 37 heavy (non-hydrogen) atoms. The molecule has 4 aromatic rings. The van der Waals surface area contributed by atoms with Crippen LogP contribution in [0.2, 0.25) is 0 Å². The molecule has 0 radical (unpaired) electrons. The van der Waals surface area contributed by atoms with E-state index in [1.54, 1.807) is 24.3 Å². The summed E-state index contributed by atoms with van der Waals surface area (Å²) in [7, 11) is 0. The molecule has 7 nitrogen and oxygen atoms in total. The van der Waals surface area contributed by atoms with E-state index in [0.717, 1.165) is 27.8 Å². The van der Waals surface area contributed by atoms with E-state index in [1.807, 2.05) is 97.1 Å². The molecule has 0 aliphatic rings. The van der Waals surface area contributed by atoms with Gasteiger partial charge in [0.2, 0.25) is 0 Å². The Labute approximate surface area is 220 Å². The van der Waals surface area contributed by atoms with Crippen molar-refractivity contribution in [3.05, 3.63) is 119 Å². The van der Waals surface area contributed by atoms with Crippen LogP contribution in [0.25, 0.3) is 35.4 Å². The Morgan fingerprint density at radius 3 is 1.46 bits per heavy atom. The van der Waals surface area contributed by atoms with Gasteiger partial charge in [-0.3, -0.25) is 4.55 Å². The van der Waals surface area contributed by atoms with E-state index in [-0.39, 0.29) is 0 Å². The van der Waals surface area contributed by atoms with Crippen molar-refractivity contribution in [3.63, 3.8) is 0 Å². The standard InChI is InChI=1S/C28H23NO6S2/c29-35-37(32)34-28-8-4-2-6-26(28)20-14-22-11-17-24(18-12-22)23-15-9-21(10-16-23)13-19-25-5-1-3-7-27(25)33-36(30)31/h1-20H,29H2,(H,30,31)/b19-13+,20-14+. The number of hydrogen-bond acceptors (Lipinski definition) is 6. The van der Waals surface area contributed by atoms with Crippen LogP contribution in [0.15, 0.2) is 97.1 Å². The summed E-state index contributed by atoms with van der Waals surface area (Å²) in [5.41, 5.74) is 5.53. The Kier molecular flexibility index (Phi) is 9.14. The number of rotatable bonds is 10. The Hall–Kier alpha value is -3.86.